The van der Waals surface area contributed by atoms with E-state index in [9.17, 15) is 19.2 Å². The van der Waals surface area contributed by atoms with Gasteiger partial charge in [-0.3, -0.25) is 19.7 Å². The van der Waals surface area contributed by atoms with E-state index in [1.807, 2.05) is 35.4 Å². The standard InChI is InChI=1S/C22H25N5O4/c28-18(9-14-11-23-16-4-2-1-3-15(14)16)26-7-5-22(12-26)6-8-27(13-22)19(29)10-17-20(30)25-21(31)24-17/h1-4,11,17,23H,5-10,12-13H2,(H2,24,25,30,31). The summed E-state index contributed by atoms with van der Waals surface area (Å²) in [6.45, 7) is 2.56. The average molecular weight is 423 g/mol. The minimum absolute atomic E-state index is 0.0309. The van der Waals surface area contributed by atoms with Crippen LogP contribution in [-0.2, 0) is 20.8 Å². The van der Waals surface area contributed by atoms with Crippen LogP contribution in [0.3, 0.4) is 0 Å². The van der Waals surface area contributed by atoms with Crippen LogP contribution in [0.5, 0.6) is 0 Å². The number of para-hydroxylation sites is 1. The number of fused-ring (bicyclic) bond motifs is 1. The van der Waals surface area contributed by atoms with Crippen molar-refractivity contribution in [2.45, 2.75) is 31.7 Å². The Bertz CT molecular complexity index is 1080. The summed E-state index contributed by atoms with van der Waals surface area (Å²) >= 11 is 0. The molecule has 3 saturated heterocycles. The number of aromatic nitrogens is 1. The third-order valence-electron chi connectivity index (χ3n) is 6.84. The first-order valence-electron chi connectivity index (χ1n) is 10.6. The van der Waals surface area contributed by atoms with Gasteiger partial charge in [0.15, 0.2) is 0 Å². The minimum atomic E-state index is -0.797. The molecule has 162 valence electrons. The minimum Gasteiger partial charge on any atom is -0.361 e. The Hall–Kier alpha value is -3.36. The van der Waals surface area contributed by atoms with Crippen LogP contribution in [0.4, 0.5) is 4.79 Å². The van der Waals surface area contributed by atoms with Crippen LogP contribution in [0.2, 0.25) is 0 Å². The smallest absolute Gasteiger partial charge is 0.322 e. The van der Waals surface area contributed by atoms with Crippen LogP contribution in [0.25, 0.3) is 10.9 Å². The number of hydrogen-bond donors (Lipinski definition) is 3. The molecule has 0 bridgehead atoms. The van der Waals surface area contributed by atoms with Crippen LogP contribution in [0.15, 0.2) is 30.5 Å². The molecular weight excluding hydrogens is 398 g/mol. The fourth-order valence-electron chi connectivity index (χ4n) is 5.09. The molecule has 9 nitrogen and oxygen atoms in total. The van der Waals surface area contributed by atoms with Crippen LogP contribution >= 0.6 is 0 Å². The van der Waals surface area contributed by atoms with Crippen molar-refractivity contribution in [3.63, 3.8) is 0 Å². The molecule has 2 atom stereocenters. The summed E-state index contributed by atoms with van der Waals surface area (Å²) in [4.78, 5) is 55.5. The SMILES string of the molecule is O=C1NC(=O)C(CC(=O)N2CCC3(CCN(C(=O)Cc4c[nH]c5ccccc45)C3)C2)N1. The van der Waals surface area contributed by atoms with Crippen molar-refractivity contribution >= 4 is 34.7 Å². The van der Waals surface area contributed by atoms with Gasteiger partial charge in [-0.1, -0.05) is 18.2 Å². The Morgan fingerprint density at radius 1 is 1.03 bits per heavy atom. The molecule has 9 heteroatoms. The number of carbonyl (C=O) groups is 4. The molecule has 3 aliphatic rings. The van der Waals surface area contributed by atoms with Crippen LogP contribution in [0.1, 0.15) is 24.8 Å². The molecule has 0 saturated carbocycles. The number of benzene rings is 1. The second-order valence-corrected chi connectivity index (χ2v) is 8.89. The van der Waals surface area contributed by atoms with Gasteiger partial charge in [-0.05, 0) is 24.5 Å². The molecule has 5 rings (SSSR count). The van der Waals surface area contributed by atoms with E-state index >= 15 is 0 Å². The Balaban J connectivity index is 1.18. The first-order chi connectivity index (χ1) is 14.9. The zero-order valence-electron chi connectivity index (χ0n) is 17.1. The number of rotatable bonds is 4. The number of nitrogens with zero attached hydrogens (tertiary/aromatic N) is 2. The molecule has 5 amide bonds. The molecule has 1 aromatic carbocycles. The van der Waals surface area contributed by atoms with E-state index in [4.69, 9.17) is 0 Å². The van der Waals surface area contributed by atoms with Gasteiger partial charge in [-0.15, -0.1) is 0 Å². The van der Waals surface area contributed by atoms with Crippen molar-refractivity contribution in [3.8, 4) is 0 Å². The maximum atomic E-state index is 13.0. The first-order valence-corrected chi connectivity index (χ1v) is 10.6. The lowest BCUT2D eigenvalue weighted by molar-refractivity contribution is -0.133. The Labute approximate surface area is 179 Å². The van der Waals surface area contributed by atoms with Gasteiger partial charge in [0.25, 0.3) is 5.91 Å². The summed E-state index contributed by atoms with van der Waals surface area (Å²) in [5, 5.41) is 5.70. The molecule has 3 fully saturated rings. The number of aromatic amines is 1. The Morgan fingerprint density at radius 3 is 2.45 bits per heavy atom. The van der Waals surface area contributed by atoms with E-state index in [0.29, 0.717) is 32.6 Å². The van der Waals surface area contributed by atoms with Gasteiger partial charge in [0, 0.05) is 48.7 Å². The highest BCUT2D eigenvalue weighted by Gasteiger charge is 2.46. The normalized spacial score (nSPS) is 25.5. The average Bonchev–Trinajstić information content (AvgIpc) is 3.52. The number of hydrogen-bond acceptors (Lipinski definition) is 4. The number of nitrogens with one attached hydrogen (secondary N) is 3. The molecule has 0 radical (unpaired) electrons. The largest absolute Gasteiger partial charge is 0.361 e. The Morgan fingerprint density at radius 2 is 1.74 bits per heavy atom. The highest BCUT2D eigenvalue weighted by atomic mass is 16.2. The lowest BCUT2D eigenvalue weighted by Crippen LogP contribution is -2.39. The van der Waals surface area contributed by atoms with E-state index in [2.05, 4.69) is 15.6 Å². The lowest BCUT2D eigenvalue weighted by atomic mass is 9.86. The zero-order chi connectivity index (χ0) is 21.6. The van der Waals surface area contributed by atoms with E-state index in [0.717, 1.165) is 29.3 Å². The maximum absolute atomic E-state index is 13.0. The van der Waals surface area contributed by atoms with E-state index in [-0.39, 0.29) is 23.7 Å². The molecular formula is C22H25N5O4. The number of imide groups is 1. The molecule has 4 heterocycles. The maximum Gasteiger partial charge on any atom is 0.322 e. The van der Waals surface area contributed by atoms with E-state index in [1.165, 1.54) is 0 Å². The molecule has 2 unspecified atom stereocenters. The molecule has 3 aliphatic heterocycles. The first kappa shape index (κ1) is 19.6. The predicted octanol–water partition coefficient (Wildman–Crippen LogP) is 0.760. The van der Waals surface area contributed by atoms with Crippen molar-refractivity contribution in [3.05, 3.63) is 36.0 Å². The topological polar surface area (TPSA) is 115 Å². The molecule has 1 spiro atoms. The summed E-state index contributed by atoms with van der Waals surface area (Å²) < 4.78 is 0. The molecule has 31 heavy (non-hydrogen) atoms. The zero-order valence-corrected chi connectivity index (χ0v) is 17.1. The second-order valence-electron chi connectivity index (χ2n) is 8.89. The third-order valence-corrected chi connectivity index (χ3v) is 6.84. The van der Waals surface area contributed by atoms with Gasteiger partial charge in [-0.2, -0.15) is 0 Å². The number of amides is 5. The summed E-state index contributed by atoms with van der Waals surface area (Å²) in [6, 6.07) is 6.61. The van der Waals surface area contributed by atoms with Crippen LogP contribution in [0, 0.1) is 5.41 Å². The van der Waals surface area contributed by atoms with Gasteiger partial charge >= 0.3 is 6.03 Å². The molecule has 3 N–H and O–H groups in total. The highest BCUT2D eigenvalue weighted by molar-refractivity contribution is 6.05. The van der Waals surface area contributed by atoms with Gasteiger partial charge in [0.1, 0.15) is 6.04 Å². The summed E-state index contributed by atoms with van der Waals surface area (Å²) in [5.41, 5.74) is 1.95. The van der Waals surface area contributed by atoms with Crippen molar-refractivity contribution in [2.24, 2.45) is 5.41 Å². The van der Waals surface area contributed by atoms with Crippen molar-refractivity contribution in [1.29, 1.82) is 0 Å². The molecule has 0 aliphatic carbocycles. The van der Waals surface area contributed by atoms with Crippen molar-refractivity contribution in [1.82, 2.24) is 25.4 Å². The van der Waals surface area contributed by atoms with Crippen molar-refractivity contribution in [2.75, 3.05) is 26.2 Å². The van der Waals surface area contributed by atoms with Crippen LogP contribution < -0.4 is 10.6 Å². The second kappa shape index (κ2) is 7.40. The van der Waals surface area contributed by atoms with E-state index < -0.39 is 18.0 Å². The van der Waals surface area contributed by atoms with Gasteiger partial charge in [-0.25, -0.2) is 4.79 Å². The van der Waals surface area contributed by atoms with Crippen molar-refractivity contribution < 1.29 is 19.2 Å². The fraction of sp³-hybridized carbons (Fsp3) is 0.455. The van der Waals surface area contributed by atoms with E-state index in [1.54, 1.807) is 4.90 Å². The predicted molar refractivity (Wildman–Crippen MR) is 112 cm³/mol. The summed E-state index contributed by atoms with van der Waals surface area (Å²) in [7, 11) is 0. The number of H-pyrrole nitrogens is 1. The summed E-state index contributed by atoms with van der Waals surface area (Å²) in [6.07, 6.45) is 3.95. The van der Waals surface area contributed by atoms with Gasteiger partial charge in [0.05, 0.1) is 12.8 Å². The van der Waals surface area contributed by atoms with Crippen LogP contribution in [-0.4, -0.2) is 70.8 Å². The molecule has 1 aromatic heterocycles. The van der Waals surface area contributed by atoms with Gasteiger partial charge in [0.2, 0.25) is 11.8 Å². The third kappa shape index (κ3) is 3.64. The number of likely N-dealkylation sites (tertiary alicyclic amines) is 2. The summed E-state index contributed by atoms with van der Waals surface area (Å²) in [5.74, 6) is -0.485. The fourth-order valence-corrected chi connectivity index (χ4v) is 5.09. The Kier molecular flexibility index (Phi) is 4.68. The lowest BCUT2D eigenvalue weighted by Gasteiger charge is -2.25. The molecule has 2 aromatic rings. The highest BCUT2D eigenvalue weighted by Crippen LogP contribution is 2.40. The monoisotopic (exact) mass is 423 g/mol. The van der Waals surface area contributed by atoms with Gasteiger partial charge < -0.3 is 20.1 Å². The number of urea groups is 1. The quantitative estimate of drug-likeness (QED) is 0.630. The number of carbonyl (C=O) groups excluding carboxylic acids is 4.